The van der Waals surface area contributed by atoms with Crippen molar-refractivity contribution in [3.63, 3.8) is 0 Å². The predicted octanol–water partition coefficient (Wildman–Crippen LogP) is 2.51. The minimum Gasteiger partial charge on any atom is -0.458 e. The lowest BCUT2D eigenvalue weighted by Crippen LogP contribution is -2.15. The molecule has 3 heterocycles. The second-order valence-electron chi connectivity index (χ2n) is 5.51. The fourth-order valence-corrected chi connectivity index (χ4v) is 3.90. The molecule has 1 aliphatic heterocycles. The van der Waals surface area contributed by atoms with E-state index in [9.17, 15) is 4.79 Å². The number of esters is 1. The van der Waals surface area contributed by atoms with Crippen molar-refractivity contribution < 1.29 is 14.3 Å². The van der Waals surface area contributed by atoms with E-state index in [2.05, 4.69) is 15.0 Å². The van der Waals surface area contributed by atoms with Crippen LogP contribution < -0.4 is 5.73 Å². The summed E-state index contributed by atoms with van der Waals surface area (Å²) in [5.41, 5.74) is 6.94. The van der Waals surface area contributed by atoms with Crippen molar-refractivity contribution in [2.75, 3.05) is 18.9 Å². The highest BCUT2D eigenvalue weighted by Gasteiger charge is 2.30. The van der Waals surface area contributed by atoms with Gasteiger partial charge < -0.3 is 15.2 Å². The van der Waals surface area contributed by atoms with Crippen molar-refractivity contribution in [1.82, 2.24) is 19.5 Å². The van der Waals surface area contributed by atoms with Crippen molar-refractivity contribution in [3.05, 3.63) is 47.4 Å². The number of ether oxygens (including phenoxy) is 2. The molecule has 2 atom stereocenters. The molecular weight excluding hydrogens is 378 g/mol. The van der Waals surface area contributed by atoms with E-state index in [0.717, 1.165) is 0 Å². The molecule has 0 radical (unpaired) electrons. The number of hydrogen-bond acceptors (Lipinski definition) is 8. The molecule has 10 heteroatoms. The van der Waals surface area contributed by atoms with Gasteiger partial charge in [-0.3, -0.25) is 4.57 Å². The number of hydrogen-bond donors (Lipinski definition) is 1. The number of nitrogen functional groups attached to an aromatic ring is 1. The summed E-state index contributed by atoms with van der Waals surface area (Å²) in [6.07, 6.45) is 1.63. The summed E-state index contributed by atoms with van der Waals surface area (Å²) in [6, 6.07) is 8.83. The minimum atomic E-state index is -0.376. The lowest BCUT2D eigenvalue weighted by molar-refractivity contribution is 0.0274. The second-order valence-corrected chi connectivity index (χ2v) is 7.21. The van der Waals surface area contributed by atoms with E-state index < -0.39 is 0 Å². The second kappa shape index (κ2) is 7.10. The number of imidazole rings is 1. The Morgan fingerprint density at radius 3 is 3.00 bits per heavy atom. The number of carbonyl (C=O) groups excluding carboxylic acids is 1. The Labute approximate surface area is 157 Å². The van der Waals surface area contributed by atoms with Gasteiger partial charge in [0.15, 0.2) is 10.8 Å². The third-order valence-corrected chi connectivity index (χ3v) is 5.32. The highest BCUT2D eigenvalue weighted by Crippen LogP contribution is 2.37. The van der Waals surface area contributed by atoms with Gasteiger partial charge in [-0.15, -0.1) is 0 Å². The molecule has 2 aromatic heterocycles. The van der Waals surface area contributed by atoms with E-state index in [1.54, 1.807) is 30.6 Å². The summed E-state index contributed by atoms with van der Waals surface area (Å²) in [6.45, 7) is 0.574. The first kappa shape index (κ1) is 17.1. The summed E-state index contributed by atoms with van der Waals surface area (Å²) >= 11 is 7.56. The highest BCUT2D eigenvalue weighted by molar-refractivity contribution is 8.00. The molecule has 8 nitrogen and oxygen atoms in total. The monoisotopic (exact) mass is 391 g/mol. The van der Waals surface area contributed by atoms with Crippen molar-refractivity contribution in [3.8, 4) is 0 Å². The minimum absolute atomic E-state index is 0.0780. The Balaban J connectivity index is 1.42. The van der Waals surface area contributed by atoms with Crippen LogP contribution in [0.25, 0.3) is 11.2 Å². The zero-order valence-electron chi connectivity index (χ0n) is 13.4. The zero-order chi connectivity index (χ0) is 18.1. The van der Waals surface area contributed by atoms with Gasteiger partial charge in [-0.05, 0) is 12.1 Å². The van der Waals surface area contributed by atoms with Crippen LogP contribution in [0, 0.1) is 0 Å². The SMILES string of the molecule is Nc1nc(Cl)c2ncn([C@@H]3CO[C@@H](COC(=O)c4ccccc4)S3)c2n1. The Kier molecular flexibility index (Phi) is 4.66. The molecule has 0 bridgehead atoms. The fourth-order valence-electron chi connectivity index (χ4n) is 2.59. The van der Waals surface area contributed by atoms with Gasteiger partial charge in [-0.25, -0.2) is 9.78 Å². The number of rotatable bonds is 4. The molecular formula is C16H14ClN5O3S. The Morgan fingerprint density at radius 2 is 2.19 bits per heavy atom. The van der Waals surface area contributed by atoms with Crippen LogP contribution in [0.15, 0.2) is 36.7 Å². The molecule has 134 valence electrons. The van der Waals surface area contributed by atoms with E-state index in [-0.39, 0.29) is 34.5 Å². The molecule has 0 saturated carbocycles. The summed E-state index contributed by atoms with van der Waals surface area (Å²) in [5, 5.41) is 0.134. The number of benzene rings is 1. The number of thioether (sulfide) groups is 1. The Hall–Kier alpha value is -2.36. The standard InChI is InChI=1S/C16H14ClN5O3S/c17-13-12-14(21-16(18)20-13)22(8-19-12)10-6-24-11(26-10)7-25-15(23)9-4-2-1-3-5-9/h1-5,8,10-11H,6-7H2,(H2,18,20,21)/t10-,11+/m0/s1. The highest BCUT2D eigenvalue weighted by atomic mass is 35.5. The third-order valence-electron chi connectivity index (χ3n) is 3.80. The van der Waals surface area contributed by atoms with Gasteiger partial charge in [0.1, 0.15) is 22.9 Å². The average Bonchev–Trinajstić information content (AvgIpc) is 3.27. The maximum atomic E-state index is 12.0. The quantitative estimate of drug-likeness (QED) is 0.534. The van der Waals surface area contributed by atoms with Crippen LogP contribution in [0.3, 0.4) is 0 Å². The van der Waals surface area contributed by atoms with E-state index in [1.165, 1.54) is 11.8 Å². The van der Waals surface area contributed by atoms with Crippen LogP contribution in [0.2, 0.25) is 5.15 Å². The van der Waals surface area contributed by atoms with Gasteiger partial charge in [0.05, 0.1) is 18.5 Å². The number of nitrogens with zero attached hydrogens (tertiary/aromatic N) is 4. The topological polar surface area (TPSA) is 105 Å². The van der Waals surface area contributed by atoms with E-state index in [0.29, 0.717) is 23.3 Å². The van der Waals surface area contributed by atoms with Gasteiger partial charge >= 0.3 is 5.97 Å². The first-order valence-electron chi connectivity index (χ1n) is 7.76. The van der Waals surface area contributed by atoms with Crippen LogP contribution in [-0.4, -0.2) is 44.1 Å². The van der Waals surface area contributed by atoms with Crippen molar-refractivity contribution >= 4 is 46.4 Å². The Bertz CT molecular complexity index is 952. The van der Waals surface area contributed by atoms with Crippen molar-refractivity contribution in [2.24, 2.45) is 0 Å². The molecule has 3 aromatic rings. The lowest BCUT2D eigenvalue weighted by Gasteiger charge is -2.11. The summed E-state index contributed by atoms with van der Waals surface area (Å²) in [4.78, 5) is 24.4. The van der Waals surface area contributed by atoms with Gasteiger partial charge in [0.2, 0.25) is 5.95 Å². The molecule has 1 aromatic carbocycles. The molecule has 2 N–H and O–H groups in total. The molecule has 0 spiro atoms. The van der Waals surface area contributed by atoms with Crippen LogP contribution in [0.1, 0.15) is 15.7 Å². The molecule has 0 unspecified atom stereocenters. The number of anilines is 1. The van der Waals surface area contributed by atoms with E-state index >= 15 is 0 Å². The van der Waals surface area contributed by atoms with Crippen molar-refractivity contribution in [1.29, 1.82) is 0 Å². The maximum absolute atomic E-state index is 12.0. The summed E-state index contributed by atoms with van der Waals surface area (Å²) < 4.78 is 12.9. The van der Waals surface area contributed by atoms with E-state index in [4.69, 9.17) is 26.8 Å². The van der Waals surface area contributed by atoms with Gasteiger partial charge in [0, 0.05) is 0 Å². The van der Waals surface area contributed by atoms with E-state index in [1.807, 2.05) is 10.6 Å². The molecule has 4 rings (SSSR count). The molecule has 26 heavy (non-hydrogen) atoms. The fraction of sp³-hybridized carbons (Fsp3) is 0.250. The smallest absolute Gasteiger partial charge is 0.338 e. The number of aromatic nitrogens is 4. The molecule has 1 saturated heterocycles. The first-order chi connectivity index (χ1) is 12.6. The summed E-state index contributed by atoms with van der Waals surface area (Å²) in [7, 11) is 0. The molecule has 0 amide bonds. The lowest BCUT2D eigenvalue weighted by atomic mass is 10.2. The normalized spacial score (nSPS) is 19.7. The third kappa shape index (κ3) is 3.33. The van der Waals surface area contributed by atoms with Crippen LogP contribution in [-0.2, 0) is 9.47 Å². The first-order valence-corrected chi connectivity index (χ1v) is 9.08. The molecule has 1 aliphatic rings. The Morgan fingerprint density at radius 1 is 1.38 bits per heavy atom. The summed E-state index contributed by atoms with van der Waals surface area (Å²) in [5.74, 6) is -0.292. The molecule has 1 fully saturated rings. The van der Waals surface area contributed by atoms with Crippen LogP contribution >= 0.6 is 23.4 Å². The predicted molar refractivity (Wildman–Crippen MR) is 97.8 cm³/mol. The van der Waals surface area contributed by atoms with Gasteiger partial charge in [-0.1, -0.05) is 41.6 Å². The number of halogens is 1. The van der Waals surface area contributed by atoms with Gasteiger partial charge in [0.25, 0.3) is 0 Å². The zero-order valence-corrected chi connectivity index (χ0v) is 15.0. The maximum Gasteiger partial charge on any atom is 0.338 e. The number of fused-ring (bicyclic) bond motifs is 1. The molecule has 0 aliphatic carbocycles. The van der Waals surface area contributed by atoms with Crippen LogP contribution in [0.5, 0.6) is 0 Å². The van der Waals surface area contributed by atoms with Crippen molar-refractivity contribution in [2.45, 2.75) is 10.8 Å². The number of carbonyl (C=O) groups is 1. The van der Waals surface area contributed by atoms with Crippen LogP contribution in [0.4, 0.5) is 5.95 Å². The average molecular weight is 392 g/mol. The van der Waals surface area contributed by atoms with Gasteiger partial charge in [-0.2, -0.15) is 9.97 Å². The largest absolute Gasteiger partial charge is 0.458 e. The number of nitrogens with two attached hydrogens (primary N) is 1.